The van der Waals surface area contributed by atoms with Gasteiger partial charge in [0.25, 0.3) is 5.91 Å². The summed E-state index contributed by atoms with van der Waals surface area (Å²) in [7, 11) is 0. The molecule has 7 nitrogen and oxygen atoms in total. The molecule has 0 atom stereocenters. The zero-order valence-electron chi connectivity index (χ0n) is 7.70. The number of nitrogens with two attached hydrogens (primary N) is 1. The highest BCUT2D eigenvalue weighted by Gasteiger charge is 2.17. The molecule has 3 amide bonds. The van der Waals surface area contributed by atoms with Crippen molar-refractivity contribution in [3.8, 4) is 0 Å². The molecule has 0 aromatic rings. The summed E-state index contributed by atoms with van der Waals surface area (Å²) in [4.78, 5) is 25.5. The van der Waals surface area contributed by atoms with Crippen LogP contribution in [0.2, 0.25) is 0 Å². The number of aliphatic imine (C=N–C) groups is 1. The van der Waals surface area contributed by atoms with Crippen molar-refractivity contribution >= 4 is 23.4 Å². The van der Waals surface area contributed by atoms with E-state index in [1.165, 1.54) is 0 Å². The summed E-state index contributed by atoms with van der Waals surface area (Å²) in [6.07, 6.45) is 0. The Morgan fingerprint density at radius 1 is 1.71 bits per heavy atom. The molecule has 1 rings (SSSR count). The molecule has 0 radical (unpaired) electrons. The predicted molar refractivity (Wildman–Crippen MR) is 51.1 cm³/mol. The standard InChI is InChI=1S/C7H11N5O2/c1-4(11-12-7(8)14)5-6(13)10-3-2-9-5/h2-3H2,1H3,(H,10,13)(H3,8,12,14)/b11-4+. The molecule has 0 fully saturated rings. The summed E-state index contributed by atoms with van der Waals surface area (Å²) >= 11 is 0. The van der Waals surface area contributed by atoms with Crippen LogP contribution in [0.1, 0.15) is 6.92 Å². The van der Waals surface area contributed by atoms with Crippen LogP contribution in [0.4, 0.5) is 4.79 Å². The maximum Gasteiger partial charge on any atom is 0.332 e. The smallest absolute Gasteiger partial charge is 0.332 e. The highest BCUT2D eigenvalue weighted by Crippen LogP contribution is 1.90. The number of primary amides is 1. The number of hydrogen-bond donors (Lipinski definition) is 3. The number of hydrazone groups is 1. The molecule has 0 aromatic carbocycles. The van der Waals surface area contributed by atoms with E-state index >= 15 is 0 Å². The summed E-state index contributed by atoms with van der Waals surface area (Å²) in [6, 6.07) is -0.777. The van der Waals surface area contributed by atoms with Gasteiger partial charge in [-0.15, -0.1) is 0 Å². The second kappa shape index (κ2) is 4.35. The van der Waals surface area contributed by atoms with Gasteiger partial charge in [0.1, 0.15) is 5.71 Å². The average Bonchev–Trinajstić information content (AvgIpc) is 2.15. The first-order valence-electron chi connectivity index (χ1n) is 4.04. The topological polar surface area (TPSA) is 109 Å². The van der Waals surface area contributed by atoms with E-state index in [2.05, 4.69) is 15.4 Å². The number of carbonyl (C=O) groups excluding carboxylic acids is 2. The molecule has 0 aliphatic carbocycles. The van der Waals surface area contributed by atoms with Gasteiger partial charge in [0.2, 0.25) is 0 Å². The van der Waals surface area contributed by atoms with E-state index in [1.54, 1.807) is 6.92 Å². The molecule has 14 heavy (non-hydrogen) atoms. The third-order valence-corrected chi connectivity index (χ3v) is 1.56. The summed E-state index contributed by atoms with van der Waals surface area (Å²) in [5, 5.41) is 6.20. The summed E-state index contributed by atoms with van der Waals surface area (Å²) in [5.74, 6) is -0.288. The first kappa shape index (κ1) is 10.2. The van der Waals surface area contributed by atoms with Gasteiger partial charge in [0, 0.05) is 6.54 Å². The number of rotatable bonds is 2. The lowest BCUT2D eigenvalue weighted by Crippen LogP contribution is -2.41. The van der Waals surface area contributed by atoms with Crippen molar-refractivity contribution in [2.45, 2.75) is 6.92 Å². The number of nitrogens with zero attached hydrogens (tertiary/aromatic N) is 2. The SMILES string of the molecule is C/C(=N\NC(N)=O)C1=NCCNC1=O. The monoisotopic (exact) mass is 197 g/mol. The molecule has 4 N–H and O–H groups in total. The number of hydrogen-bond acceptors (Lipinski definition) is 4. The molecule has 0 saturated carbocycles. The quantitative estimate of drug-likeness (QED) is 0.374. The Bertz CT molecular complexity index is 320. The molecule has 0 unspecified atom stereocenters. The lowest BCUT2D eigenvalue weighted by molar-refractivity contribution is -0.114. The van der Waals surface area contributed by atoms with Crippen LogP contribution in [0.15, 0.2) is 10.1 Å². The van der Waals surface area contributed by atoms with E-state index in [1.807, 2.05) is 5.43 Å². The van der Waals surface area contributed by atoms with E-state index in [9.17, 15) is 9.59 Å². The first-order valence-corrected chi connectivity index (χ1v) is 4.04. The zero-order chi connectivity index (χ0) is 10.6. The van der Waals surface area contributed by atoms with Crippen LogP contribution in [0.5, 0.6) is 0 Å². The average molecular weight is 197 g/mol. The fraction of sp³-hybridized carbons (Fsp3) is 0.429. The van der Waals surface area contributed by atoms with Crippen molar-refractivity contribution in [2.24, 2.45) is 15.8 Å². The van der Waals surface area contributed by atoms with Gasteiger partial charge in [0.15, 0.2) is 0 Å². The van der Waals surface area contributed by atoms with E-state index in [4.69, 9.17) is 5.73 Å². The van der Waals surface area contributed by atoms with E-state index in [0.29, 0.717) is 18.8 Å². The normalized spacial score (nSPS) is 17.1. The van der Waals surface area contributed by atoms with Crippen LogP contribution in [0.3, 0.4) is 0 Å². The highest BCUT2D eigenvalue weighted by atomic mass is 16.2. The van der Waals surface area contributed by atoms with Crippen LogP contribution >= 0.6 is 0 Å². The van der Waals surface area contributed by atoms with Crippen molar-refractivity contribution < 1.29 is 9.59 Å². The Labute approximate surface area is 80.4 Å². The molecular weight excluding hydrogens is 186 g/mol. The molecule has 0 aromatic heterocycles. The second-order valence-electron chi connectivity index (χ2n) is 2.66. The molecule has 1 heterocycles. The Morgan fingerprint density at radius 3 is 3.00 bits per heavy atom. The van der Waals surface area contributed by atoms with Crippen molar-refractivity contribution in [3.05, 3.63) is 0 Å². The molecule has 0 spiro atoms. The molecule has 0 saturated heterocycles. The van der Waals surface area contributed by atoms with Gasteiger partial charge in [-0.3, -0.25) is 9.79 Å². The van der Waals surface area contributed by atoms with Gasteiger partial charge < -0.3 is 11.1 Å². The molecule has 1 aliphatic rings. The Kier molecular flexibility index (Phi) is 3.16. The third-order valence-electron chi connectivity index (χ3n) is 1.56. The number of urea groups is 1. The van der Waals surface area contributed by atoms with Crippen molar-refractivity contribution in [1.29, 1.82) is 0 Å². The minimum absolute atomic E-state index is 0.227. The van der Waals surface area contributed by atoms with Gasteiger partial charge in [-0.05, 0) is 6.92 Å². The summed E-state index contributed by atoms with van der Waals surface area (Å²) in [5.41, 5.74) is 7.40. The van der Waals surface area contributed by atoms with E-state index in [-0.39, 0.29) is 11.6 Å². The van der Waals surface area contributed by atoms with E-state index < -0.39 is 6.03 Å². The fourth-order valence-corrected chi connectivity index (χ4v) is 0.963. The van der Waals surface area contributed by atoms with Gasteiger partial charge in [-0.25, -0.2) is 10.2 Å². The minimum atomic E-state index is -0.777. The van der Waals surface area contributed by atoms with Gasteiger partial charge >= 0.3 is 6.03 Å². The maximum absolute atomic E-state index is 11.2. The van der Waals surface area contributed by atoms with Crippen LogP contribution in [0, 0.1) is 0 Å². The molecule has 76 valence electrons. The number of nitrogens with one attached hydrogen (secondary N) is 2. The van der Waals surface area contributed by atoms with Gasteiger partial charge in [-0.1, -0.05) is 0 Å². The second-order valence-corrected chi connectivity index (χ2v) is 2.66. The highest BCUT2D eigenvalue weighted by molar-refractivity contribution is 6.66. The Morgan fingerprint density at radius 2 is 2.43 bits per heavy atom. The molecule has 7 heteroatoms. The van der Waals surface area contributed by atoms with Crippen LogP contribution in [-0.4, -0.2) is 36.5 Å². The number of carbonyl (C=O) groups is 2. The van der Waals surface area contributed by atoms with Crippen LogP contribution in [0.25, 0.3) is 0 Å². The molecule has 1 aliphatic heterocycles. The zero-order valence-corrected chi connectivity index (χ0v) is 7.70. The fourth-order valence-electron chi connectivity index (χ4n) is 0.963. The molecular formula is C7H11N5O2. The van der Waals surface area contributed by atoms with Gasteiger partial charge in [0.05, 0.1) is 12.3 Å². The van der Waals surface area contributed by atoms with Crippen molar-refractivity contribution in [1.82, 2.24) is 10.7 Å². The maximum atomic E-state index is 11.2. The Balaban J connectivity index is 2.72. The Hall–Kier alpha value is -1.92. The predicted octanol–water partition coefficient (Wildman–Crippen LogP) is -1.40. The third kappa shape index (κ3) is 2.54. The van der Waals surface area contributed by atoms with Crippen molar-refractivity contribution in [2.75, 3.05) is 13.1 Å². The lowest BCUT2D eigenvalue weighted by Gasteiger charge is -2.11. The summed E-state index contributed by atoms with van der Waals surface area (Å²) in [6.45, 7) is 2.61. The largest absolute Gasteiger partial charge is 0.350 e. The minimum Gasteiger partial charge on any atom is -0.350 e. The van der Waals surface area contributed by atoms with E-state index in [0.717, 1.165) is 0 Å². The van der Waals surface area contributed by atoms with Crippen LogP contribution < -0.4 is 16.5 Å². The molecule has 0 bridgehead atoms. The first-order chi connectivity index (χ1) is 6.61. The van der Waals surface area contributed by atoms with Crippen LogP contribution in [-0.2, 0) is 4.79 Å². The summed E-state index contributed by atoms with van der Waals surface area (Å²) < 4.78 is 0. The number of amides is 3. The van der Waals surface area contributed by atoms with Gasteiger partial charge in [-0.2, -0.15) is 5.10 Å². The van der Waals surface area contributed by atoms with Crippen molar-refractivity contribution in [3.63, 3.8) is 0 Å². The lowest BCUT2D eigenvalue weighted by atomic mass is 10.2.